The monoisotopic (exact) mass is 205 g/mol. The molecule has 76 valence electrons. The molecule has 0 aromatic carbocycles. The largest absolute Gasteiger partial charge is 0.380 e. The fraction of sp³-hybridized carbons (Fsp3) is 1.00. The normalized spacial score (nSPS) is 39.1. The van der Waals surface area contributed by atoms with Gasteiger partial charge in [-0.1, -0.05) is 0 Å². The molecular formula is C8H15NO3S. The Bertz CT molecular complexity index is 275. The molecule has 0 saturated carbocycles. The van der Waals surface area contributed by atoms with Gasteiger partial charge >= 0.3 is 0 Å². The summed E-state index contributed by atoms with van der Waals surface area (Å²) in [4.78, 5) is 0. The van der Waals surface area contributed by atoms with Crippen LogP contribution in [-0.2, 0) is 14.6 Å². The van der Waals surface area contributed by atoms with Crippen LogP contribution in [0.1, 0.15) is 12.8 Å². The van der Waals surface area contributed by atoms with Gasteiger partial charge in [0.25, 0.3) is 0 Å². The van der Waals surface area contributed by atoms with E-state index in [1.807, 2.05) is 0 Å². The van der Waals surface area contributed by atoms with Crippen molar-refractivity contribution in [1.29, 1.82) is 0 Å². The zero-order chi connectivity index (χ0) is 9.31. The van der Waals surface area contributed by atoms with E-state index in [1.165, 1.54) is 0 Å². The van der Waals surface area contributed by atoms with Gasteiger partial charge in [0.15, 0.2) is 9.84 Å². The minimum Gasteiger partial charge on any atom is -0.380 e. The quantitative estimate of drug-likeness (QED) is 0.582. The molecule has 0 aliphatic carbocycles. The number of sulfone groups is 1. The topological polar surface area (TPSA) is 55.4 Å². The van der Waals surface area contributed by atoms with Gasteiger partial charge in [0.05, 0.1) is 17.6 Å². The highest BCUT2D eigenvalue weighted by molar-refractivity contribution is 7.92. The molecule has 0 bridgehead atoms. The van der Waals surface area contributed by atoms with Crippen molar-refractivity contribution in [2.75, 3.05) is 25.5 Å². The fourth-order valence-corrected chi connectivity index (χ4v) is 3.90. The van der Waals surface area contributed by atoms with E-state index in [1.54, 1.807) is 0 Å². The fourth-order valence-electron chi connectivity index (χ4n) is 2.01. The highest BCUT2D eigenvalue weighted by Crippen LogP contribution is 2.19. The predicted octanol–water partition coefficient (Wildman–Crippen LogP) is -0.448. The molecule has 0 aromatic heterocycles. The maximum absolute atomic E-state index is 11.7. The molecular weight excluding hydrogens is 190 g/mol. The second-order valence-corrected chi connectivity index (χ2v) is 6.02. The van der Waals surface area contributed by atoms with E-state index < -0.39 is 9.84 Å². The van der Waals surface area contributed by atoms with Crippen LogP contribution < -0.4 is 5.32 Å². The first kappa shape index (κ1) is 9.43. The molecule has 0 aromatic rings. The number of hydrogen-bond donors (Lipinski definition) is 1. The maximum atomic E-state index is 11.7. The highest BCUT2D eigenvalue weighted by Gasteiger charge is 2.37. The van der Waals surface area contributed by atoms with Gasteiger partial charge in [-0.15, -0.1) is 0 Å². The molecule has 2 atom stereocenters. The summed E-state index contributed by atoms with van der Waals surface area (Å²) in [5.74, 6) is 0.310. The molecule has 0 radical (unpaired) electrons. The van der Waals surface area contributed by atoms with E-state index in [9.17, 15) is 8.42 Å². The summed E-state index contributed by atoms with van der Waals surface area (Å²) in [6.07, 6.45) is 1.55. The summed E-state index contributed by atoms with van der Waals surface area (Å²) in [5.41, 5.74) is 0. The number of ether oxygens (including phenoxy) is 1. The Morgan fingerprint density at radius 2 is 2.23 bits per heavy atom. The molecule has 2 heterocycles. The molecule has 5 heteroatoms. The van der Waals surface area contributed by atoms with Crippen LogP contribution in [0, 0.1) is 0 Å². The van der Waals surface area contributed by atoms with E-state index in [-0.39, 0.29) is 11.3 Å². The van der Waals surface area contributed by atoms with Crippen molar-refractivity contribution in [1.82, 2.24) is 5.32 Å². The van der Waals surface area contributed by atoms with Gasteiger partial charge in [-0.3, -0.25) is 0 Å². The zero-order valence-corrected chi connectivity index (χ0v) is 8.35. The first-order valence-electron chi connectivity index (χ1n) is 4.73. The Morgan fingerprint density at radius 3 is 3.08 bits per heavy atom. The van der Waals surface area contributed by atoms with Crippen LogP contribution in [0.15, 0.2) is 0 Å². The molecule has 13 heavy (non-hydrogen) atoms. The van der Waals surface area contributed by atoms with Gasteiger partial charge in [0.2, 0.25) is 0 Å². The Hall–Kier alpha value is -0.130. The van der Waals surface area contributed by atoms with Crippen molar-refractivity contribution in [3.05, 3.63) is 0 Å². The lowest BCUT2D eigenvalue weighted by Gasteiger charge is -2.29. The van der Waals surface area contributed by atoms with Crippen molar-refractivity contribution >= 4 is 9.84 Å². The van der Waals surface area contributed by atoms with E-state index in [0.717, 1.165) is 19.4 Å². The minimum absolute atomic E-state index is 0.126. The standard InChI is InChI=1S/C8H15NO3S/c10-13(11)5-1-3-9-7-2-4-12-6-8(7)13/h7-9H,1-6H2. The van der Waals surface area contributed by atoms with Gasteiger partial charge in [-0.2, -0.15) is 0 Å². The molecule has 2 unspecified atom stereocenters. The Labute approximate surface area is 78.6 Å². The van der Waals surface area contributed by atoms with Gasteiger partial charge < -0.3 is 10.1 Å². The number of rotatable bonds is 0. The third-order valence-corrected chi connectivity index (χ3v) is 5.02. The van der Waals surface area contributed by atoms with Crippen molar-refractivity contribution in [3.63, 3.8) is 0 Å². The smallest absolute Gasteiger partial charge is 0.157 e. The van der Waals surface area contributed by atoms with Crippen LogP contribution in [0.2, 0.25) is 0 Å². The van der Waals surface area contributed by atoms with Crippen LogP contribution in [0.3, 0.4) is 0 Å². The Morgan fingerprint density at radius 1 is 1.38 bits per heavy atom. The van der Waals surface area contributed by atoms with Gasteiger partial charge in [-0.25, -0.2) is 8.42 Å². The molecule has 2 fully saturated rings. The zero-order valence-electron chi connectivity index (χ0n) is 7.53. The molecule has 2 rings (SSSR count). The minimum atomic E-state index is -2.91. The third kappa shape index (κ3) is 1.87. The molecule has 4 nitrogen and oxygen atoms in total. The SMILES string of the molecule is O=S1(=O)CCCNC2CCOCC21. The van der Waals surface area contributed by atoms with Crippen LogP contribution in [-0.4, -0.2) is 45.2 Å². The lowest BCUT2D eigenvalue weighted by Crippen LogP contribution is -2.48. The molecule has 0 amide bonds. The van der Waals surface area contributed by atoms with Crippen molar-refractivity contribution in [2.45, 2.75) is 24.1 Å². The average molecular weight is 205 g/mol. The maximum Gasteiger partial charge on any atom is 0.157 e. The van der Waals surface area contributed by atoms with Crippen LogP contribution in [0.25, 0.3) is 0 Å². The Balaban J connectivity index is 2.22. The predicted molar refractivity (Wildman–Crippen MR) is 49.4 cm³/mol. The average Bonchev–Trinajstić information content (AvgIpc) is 2.26. The van der Waals surface area contributed by atoms with E-state index in [2.05, 4.69) is 5.32 Å². The summed E-state index contributed by atoms with van der Waals surface area (Å²) in [7, 11) is -2.91. The Kier molecular flexibility index (Phi) is 2.58. The van der Waals surface area contributed by atoms with E-state index >= 15 is 0 Å². The molecule has 0 spiro atoms. The molecule has 2 aliphatic rings. The number of nitrogens with one attached hydrogen (secondary N) is 1. The van der Waals surface area contributed by atoms with Crippen LogP contribution >= 0.6 is 0 Å². The highest BCUT2D eigenvalue weighted by atomic mass is 32.2. The second-order valence-electron chi connectivity index (χ2n) is 3.68. The third-order valence-electron chi connectivity index (χ3n) is 2.78. The van der Waals surface area contributed by atoms with Crippen molar-refractivity contribution in [2.24, 2.45) is 0 Å². The second kappa shape index (κ2) is 3.55. The van der Waals surface area contributed by atoms with E-state index in [4.69, 9.17) is 4.74 Å². The molecule has 1 N–H and O–H groups in total. The summed E-state index contributed by atoms with van der Waals surface area (Å²) >= 11 is 0. The van der Waals surface area contributed by atoms with Crippen molar-refractivity contribution in [3.8, 4) is 0 Å². The van der Waals surface area contributed by atoms with Crippen molar-refractivity contribution < 1.29 is 13.2 Å². The summed E-state index contributed by atoms with van der Waals surface area (Å²) < 4.78 is 28.6. The summed E-state index contributed by atoms with van der Waals surface area (Å²) in [6, 6.07) is 0.126. The van der Waals surface area contributed by atoms with Crippen LogP contribution in [0.5, 0.6) is 0 Å². The number of fused-ring (bicyclic) bond motifs is 1. The first-order chi connectivity index (χ1) is 6.20. The van der Waals surface area contributed by atoms with Gasteiger partial charge in [0.1, 0.15) is 0 Å². The van der Waals surface area contributed by atoms with Gasteiger partial charge in [-0.05, 0) is 19.4 Å². The van der Waals surface area contributed by atoms with E-state index in [0.29, 0.717) is 19.0 Å². The molecule has 2 saturated heterocycles. The number of hydrogen-bond acceptors (Lipinski definition) is 4. The summed E-state index contributed by atoms with van der Waals surface area (Å²) in [6.45, 7) is 1.88. The lowest BCUT2D eigenvalue weighted by molar-refractivity contribution is 0.0819. The van der Waals surface area contributed by atoms with Gasteiger partial charge in [0, 0.05) is 12.6 Å². The first-order valence-corrected chi connectivity index (χ1v) is 6.44. The van der Waals surface area contributed by atoms with Crippen LogP contribution in [0.4, 0.5) is 0 Å². The molecule has 2 aliphatic heterocycles. The summed E-state index contributed by atoms with van der Waals surface area (Å²) in [5, 5.41) is 2.98. The lowest BCUT2D eigenvalue weighted by atomic mass is 10.1.